The molecular formula is C16H20N2O3S. The van der Waals surface area contributed by atoms with Gasteiger partial charge < -0.3 is 14.4 Å². The number of thiazole rings is 1. The first-order valence-corrected chi connectivity index (χ1v) is 8.29. The second-order valence-electron chi connectivity index (χ2n) is 5.99. The van der Waals surface area contributed by atoms with Gasteiger partial charge in [0.15, 0.2) is 10.8 Å². The van der Waals surface area contributed by atoms with Crippen LogP contribution in [-0.4, -0.2) is 40.1 Å². The molecule has 3 rings (SSSR count). The molecule has 0 unspecified atom stereocenters. The summed E-state index contributed by atoms with van der Waals surface area (Å²) in [7, 11) is 1.73. The van der Waals surface area contributed by atoms with E-state index in [4.69, 9.17) is 4.42 Å². The first-order valence-electron chi connectivity index (χ1n) is 7.48. The lowest BCUT2D eigenvalue weighted by atomic mass is 10.0. The van der Waals surface area contributed by atoms with Crippen LogP contribution in [0.4, 0.5) is 0 Å². The number of hydrogen-bond acceptors (Lipinski definition) is 5. The molecule has 22 heavy (non-hydrogen) atoms. The Bertz CT molecular complexity index is 657. The van der Waals surface area contributed by atoms with E-state index < -0.39 is 5.60 Å². The van der Waals surface area contributed by atoms with Gasteiger partial charge >= 0.3 is 0 Å². The van der Waals surface area contributed by atoms with Crippen LogP contribution >= 0.6 is 11.3 Å². The van der Waals surface area contributed by atoms with Crippen LogP contribution in [0.2, 0.25) is 0 Å². The molecule has 0 aromatic carbocycles. The van der Waals surface area contributed by atoms with Gasteiger partial charge in [-0.25, -0.2) is 4.98 Å². The molecule has 2 aromatic rings. The number of aryl methyl sites for hydroxylation is 1. The van der Waals surface area contributed by atoms with E-state index >= 15 is 0 Å². The largest absolute Gasteiger partial charge is 0.462 e. The molecule has 0 spiro atoms. The van der Waals surface area contributed by atoms with Crippen molar-refractivity contribution in [3.8, 4) is 10.8 Å². The van der Waals surface area contributed by atoms with Crippen molar-refractivity contribution < 1.29 is 14.3 Å². The molecule has 0 bridgehead atoms. The van der Waals surface area contributed by atoms with Crippen LogP contribution < -0.4 is 0 Å². The highest BCUT2D eigenvalue weighted by Crippen LogP contribution is 2.31. The molecule has 0 saturated heterocycles. The van der Waals surface area contributed by atoms with Crippen molar-refractivity contribution in [2.45, 2.75) is 38.2 Å². The average Bonchev–Trinajstić information content (AvgIpc) is 3.18. The maximum atomic E-state index is 12.6. The molecule has 0 radical (unpaired) electrons. The third kappa shape index (κ3) is 2.94. The van der Waals surface area contributed by atoms with Crippen LogP contribution in [0.25, 0.3) is 10.8 Å². The summed E-state index contributed by atoms with van der Waals surface area (Å²) >= 11 is 1.44. The summed E-state index contributed by atoms with van der Waals surface area (Å²) in [5, 5.41) is 11.2. The summed E-state index contributed by atoms with van der Waals surface area (Å²) in [6.45, 7) is 2.24. The molecule has 1 amide bonds. The fourth-order valence-corrected chi connectivity index (χ4v) is 3.86. The number of carbonyl (C=O) groups excluding carboxylic acids is 1. The van der Waals surface area contributed by atoms with E-state index in [0.717, 1.165) is 30.6 Å². The topological polar surface area (TPSA) is 66.6 Å². The summed E-state index contributed by atoms with van der Waals surface area (Å²) in [6, 6.07) is 3.63. The van der Waals surface area contributed by atoms with Crippen LogP contribution in [0.3, 0.4) is 0 Å². The molecule has 6 heteroatoms. The van der Waals surface area contributed by atoms with E-state index in [9.17, 15) is 9.90 Å². The lowest BCUT2D eigenvalue weighted by molar-refractivity contribution is 0.0155. The molecule has 1 saturated carbocycles. The quantitative estimate of drug-likeness (QED) is 0.940. The molecule has 2 aromatic heterocycles. The Hall–Kier alpha value is -1.66. The van der Waals surface area contributed by atoms with E-state index in [1.54, 1.807) is 24.3 Å². The van der Waals surface area contributed by atoms with Gasteiger partial charge in [-0.3, -0.25) is 4.79 Å². The highest BCUT2D eigenvalue weighted by molar-refractivity contribution is 7.15. The maximum absolute atomic E-state index is 12.6. The first kappa shape index (κ1) is 15.2. The van der Waals surface area contributed by atoms with Gasteiger partial charge in [0.05, 0.1) is 11.9 Å². The third-order valence-corrected chi connectivity index (χ3v) is 5.13. The second-order valence-corrected chi connectivity index (χ2v) is 7.20. The van der Waals surface area contributed by atoms with Gasteiger partial charge in [0.1, 0.15) is 5.69 Å². The predicted molar refractivity (Wildman–Crippen MR) is 84.9 cm³/mol. The van der Waals surface area contributed by atoms with Crippen LogP contribution in [0.5, 0.6) is 0 Å². The summed E-state index contributed by atoms with van der Waals surface area (Å²) in [5.74, 6) is 0.524. The Morgan fingerprint density at radius 1 is 1.50 bits per heavy atom. The van der Waals surface area contributed by atoms with Gasteiger partial charge in [-0.15, -0.1) is 11.3 Å². The van der Waals surface area contributed by atoms with Gasteiger partial charge in [0.25, 0.3) is 5.91 Å². The number of rotatable bonds is 4. The van der Waals surface area contributed by atoms with Crippen molar-refractivity contribution in [2.24, 2.45) is 0 Å². The summed E-state index contributed by atoms with van der Waals surface area (Å²) in [4.78, 5) is 19.5. The number of furan rings is 1. The number of nitrogens with zero attached hydrogens (tertiary/aromatic N) is 2. The van der Waals surface area contributed by atoms with Gasteiger partial charge in [0, 0.05) is 18.5 Å². The Balaban J connectivity index is 1.77. The Labute approximate surface area is 133 Å². The highest BCUT2D eigenvalue weighted by Gasteiger charge is 2.34. The van der Waals surface area contributed by atoms with Crippen LogP contribution in [0, 0.1) is 6.92 Å². The molecule has 1 aliphatic rings. The maximum Gasteiger partial charge on any atom is 0.273 e. The standard InChI is InChI=1S/C16H20N2O3S/c1-11-13(17-14(22-11)12-6-5-9-21-12)15(19)18(2)10-16(20)7-3-4-8-16/h5-6,9,20H,3-4,7-8,10H2,1-2H3. The normalized spacial score (nSPS) is 16.9. The smallest absolute Gasteiger partial charge is 0.273 e. The van der Waals surface area contributed by atoms with E-state index in [-0.39, 0.29) is 5.91 Å². The number of aromatic nitrogens is 1. The van der Waals surface area contributed by atoms with Crippen LogP contribution in [0.1, 0.15) is 41.0 Å². The Morgan fingerprint density at radius 2 is 2.23 bits per heavy atom. The third-order valence-electron chi connectivity index (χ3n) is 4.14. The van der Waals surface area contributed by atoms with E-state index in [1.165, 1.54) is 11.3 Å². The van der Waals surface area contributed by atoms with Crippen molar-refractivity contribution in [1.82, 2.24) is 9.88 Å². The fraction of sp³-hybridized carbons (Fsp3) is 0.500. The number of amides is 1. The summed E-state index contributed by atoms with van der Waals surface area (Å²) < 4.78 is 5.33. The van der Waals surface area contributed by atoms with Crippen molar-refractivity contribution in [3.05, 3.63) is 29.0 Å². The number of hydrogen-bond donors (Lipinski definition) is 1. The number of aliphatic hydroxyl groups is 1. The predicted octanol–water partition coefficient (Wildman–Crippen LogP) is 3.09. The molecule has 118 valence electrons. The average molecular weight is 320 g/mol. The lowest BCUT2D eigenvalue weighted by Gasteiger charge is -2.28. The minimum Gasteiger partial charge on any atom is -0.462 e. The summed E-state index contributed by atoms with van der Waals surface area (Å²) in [6.07, 6.45) is 5.17. The zero-order valence-electron chi connectivity index (χ0n) is 12.8. The fourth-order valence-electron chi connectivity index (χ4n) is 2.99. The number of carbonyl (C=O) groups is 1. The first-order chi connectivity index (χ1) is 10.5. The molecule has 1 fully saturated rings. The van der Waals surface area contributed by atoms with Crippen LogP contribution in [0.15, 0.2) is 22.8 Å². The monoisotopic (exact) mass is 320 g/mol. The van der Waals surface area contributed by atoms with Crippen molar-refractivity contribution in [3.63, 3.8) is 0 Å². The molecule has 1 aliphatic carbocycles. The van der Waals surface area contributed by atoms with Gasteiger partial charge in [-0.1, -0.05) is 12.8 Å². The molecule has 2 heterocycles. The van der Waals surface area contributed by atoms with E-state index in [1.807, 2.05) is 13.0 Å². The zero-order chi connectivity index (χ0) is 15.7. The van der Waals surface area contributed by atoms with Crippen molar-refractivity contribution >= 4 is 17.2 Å². The SMILES string of the molecule is Cc1sc(-c2ccco2)nc1C(=O)N(C)CC1(O)CCCC1. The highest BCUT2D eigenvalue weighted by atomic mass is 32.1. The van der Waals surface area contributed by atoms with Gasteiger partial charge in [-0.05, 0) is 31.9 Å². The molecule has 1 N–H and O–H groups in total. The minimum atomic E-state index is -0.738. The van der Waals surface area contributed by atoms with Gasteiger partial charge in [0.2, 0.25) is 0 Å². The van der Waals surface area contributed by atoms with E-state index in [2.05, 4.69) is 4.98 Å². The zero-order valence-corrected chi connectivity index (χ0v) is 13.7. The Morgan fingerprint density at radius 3 is 2.86 bits per heavy atom. The summed E-state index contributed by atoms with van der Waals surface area (Å²) in [5.41, 5.74) is -0.293. The lowest BCUT2D eigenvalue weighted by Crippen LogP contribution is -2.42. The van der Waals surface area contributed by atoms with E-state index in [0.29, 0.717) is 23.0 Å². The number of likely N-dealkylation sites (N-methyl/N-ethyl adjacent to an activating group) is 1. The van der Waals surface area contributed by atoms with Crippen LogP contribution in [-0.2, 0) is 0 Å². The molecular weight excluding hydrogens is 300 g/mol. The van der Waals surface area contributed by atoms with Crippen molar-refractivity contribution in [2.75, 3.05) is 13.6 Å². The molecule has 5 nitrogen and oxygen atoms in total. The second kappa shape index (κ2) is 5.85. The Kier molecular flexibility index (Phi) is 4.06. The molecule has 0 atom stereocenters. The van der Waals surface area contributed by atoms with Gasteiger partial charge in [-0.2, -0.15) is 0 Å². The van der Waals surface area contributed by atoms with Crippen molar-refractivity contribution in [1.29, 1.82) is 0 Å². The minimum absolute atomic E-state index is 0.146. The molecule has 0 aliphatic heterocycles.